The molecule has 0 aromatic carbocycles. The first kappa shape index (κ1) is 18.8. The van der Waals surface area contributed by atoms with Gasteiger partial charge in [-0.3, -0.25) is 9.69 Å². The average Bonchev–Trinajstić information content (AvgIpc) is 3.12. The predicted octanol–water partition coefficient (Wildman–Crippen LogP) is 2.81. The number of amides is 1. The van der Waals surface area contributed by atoms with Crippen LogP contribution in [0.4, 0.5) is 0 Å². The lowest BCUT2D eigenvalue weighted by Crippen LogP contribution is -2.43. The molecular weight excluding hydrogens is 348 g/mol. The van der Waals surface area contributed by atoms with Crippen molar-refractivity contribution in [2.75, 3.05) is 20.2 Å². The smallest absolute Gasteiger partial charge is 0.234 e. The van der Waals surface area contributed by atoms with Gasteiger partial charge in [-0.05, 0) is 16.9 Å². The molecule has 1 amide bonds. The van der Waals surface area contributed by atoms with Gasteiger partial charge in [0, 0.05) is 30.0 Å². The van der Waals surface area contributed by atoms with Gasteiger partial charge in [-0.2, -0.15) is 0 Å². The lowest BCUT2D eigenvalue weighted by atomic mass is 9.85. The molecule has 0 saturated heterocycles. The SMILES string of the molecule is COc1ncnc2c1CN(CC(=O)NC(c1cccs1)C(C)(C)C)CC2. The van der Waals surface area contributed by atoms with Gasteiger partial charge < -0.3 is 10.1 Å². The number of carbonyl (C=O) groups is 1. The molecule has 0 radical (unpaired) electrons. The van der Waals surface area contributed by atoms with Crippen molar-refractivity contribution < 1.29 is 9.53 Å². The van der Waals surface area contributed by atoms with Crippen LogP contribution in [0.1, 0.15) is 42.9 Å². The van der Waals surface area contributed by atoms with E-state index in [2.05, 4.69) is 47.0 Å². The maximum atomic E-state index is 12.7. The molecule has 1 unspecified atom stereocenters. The summed E-state index contributed by atoms with van der Waals surface area (Å²) in [4.78, 5) is 24.5. The Balaban J connectivity index is 1.66. The molecule has 0 bridgehead atoms. The molecule has 140 valence electrons. The van der Waals surface area contributed by atoms with E-state index < -0.39 is 0 Å². The Hall–Kier alpha value is -1.99. The molecular formula is C19H26N4O2S. The van der Waals surface area contributed by atoms with Crippen molar-refractivity contribution in [3.8, 4) is 5.88 Å². The quantitative estimate of drug-likeness (QED) is 0.872. The Morgan fingerprint density at radius 3 is 2.88 bits per heavy atom. The number of thiophene rings is 1. The number of fused-ring (bicyclic) bond motifs is 1. The second kappa shape index (κ2) is 7.72. The Labute approximate surface area is 158 Å². The monoisotopic (exact) mass is 374 g/mol. The number of hydrogen-bond acceptors (Lipinski definition) is 6. The van der Waals surface area contributed by atoms with Crippen molar-refractivity contribution in [1.82, 2.24) is 20.2 Å². The molecule has 0 fully saturated rings. The number of nitrogens with zero attached hydrogens (tertiary/aromatic N) is 3. The van der Waals surface area contributed by atoms with E-state index in [9.17, 15) is 4.79 Å². The van der Waals surface area contributed by atoms with E-state index >= 15 is 0 Å². The fraction of sp³-hybridized carbons (Fsp3) is 0.526. The summed E-state index contributed by atoms with van der Waals surface area (Å²) in [5.74, 6) is 0.642. The Morgan fingerprint density at radius 1 is 1.42 bits per heavy atom. The molecule has 6 nitrogen and oxygen atoms in total. The van der Waals surface area contributed by atoms with Crippen LogP contribution in [0.2, 0.25) is 0 Å². The molecule has 3 heterocycles. The second-order valence-electron chi connectivity index (χ2n) is 7.65. The summed E-state index contributed by atoms with van der Waals surface area (Å²) in [6.45, 7) is 8.24. The van der Waals surface area contributed by atoms with Crippen LogP contribution in [0.25, 0.3) is 0 Å². The molecule has 26 heavy (non-hydrogen) atoms. The molecule has 0 spiro atoms. The number of ether oxygens (including phenoxy) is 1. The molecule has 1 aliphatic rings. The minimum Gasteiger partial charge on any atom is -0.481 e. The van der Waals surface area contributed by atoms with E-state index in [-0.39, 0.29) is 17.4 Å². The minimum atomic E-state index is -0.0495. The van der Waals surface area contributed by atoms with Crippen molar-refractivity contribution in [2.24, 2.45) is 5.41 Å². The first-order valence-electron chi connectivity index (χ1n) is 8.80. The molecule has 1 atom stereocenters. The summed E-state index contributed by atoms with van der Waals surface area (Å²) in [6.07, 6.45) is 2.34. The minimum absolute atomic E-state index is 0.00458. The van der Waals surface area contributed by atoms with Crippen LogP contribution >= 0.6 is 11.3 Å². The third kappa shape index (κ3) is 4.22. The summed E-state index contributed by atoms with van der Waals surface area (Å²) in [5, 5.41) is 5.28. The van der Waals surface area contributed by atoms with Gasteiger partial charge in [-0.1, -0.05) is 26.8 Å². The summed E-state index contributed by atoms with van der Waals surface area (Å²) in [6, 6.07) is 4.11. The van der Waals surface area contributed by atoms with Gasteiger partial charge in [-0.25, -0.2) is 9.97 Å². The van der Waals surface area contributed by atoms with Gasteiger partial charge in [0.05, 0.1) is 25.4 Å². The third-order valence-corrected chi connectivity index (χ3v) is 5.54. The molecule has 2 aromatic rings. The largest absolute Gasteiger partial charge is 0.481 e. The highest BCUT2D eigenvalue weighted by Crippen LogP contribution is 2.35. The first-order valence-corrected chi connectivity index (χ1v) is 9.68. The van der Waals surface area contributed by atoms with Crippen LogP contribution in [0.15, 0.2) is 23.8 Å². The van der Waals surface area contributed by atoms with Crippen molar-refractivity contribution in [2.45, 2.75) is 39.8 Å². The van der Waals surface area contributed by atoms with E-state index in [1.807, 2.05) is 11.4 Å². The molecule has 1 aliphatic heterocycles. The van der Waals surface area contributed by atoms with E-state index in [1.54, 1.807) is 18.4 Å². The molecule has 0 saturated carbocycles. The summed E-state index contributed by atoms with van der Waals surface area (Å²) >= 11 is 1.68. The Morgan fingerprint density at radius 2 is 2.23 bits per heavy atom. The van der Waals surface area contributed by atoms with Crippen molar-refractivity contribution in [3.63, 3.8) is 0 Å². The van der Waals surface area contributed by atoms with E-state index in [0.717, 1.165) is 24.2 Å². The van der Waals surface area contributed by atoms with Gasteiger partial charge in [0.2, 0.25) is 11.8 Å². The van der Waals surface area contributed by atoms with Crippen molar-refractivity contribution in [3.05, 3.63) is 40.0 Å². The fourth-order valence-electron chi connectivity index (χ4n) is 3.26. The summed E-state index contributed by atoms with van der Waals surface area (Å²) < 4.78 is 5.35. The first-order chi connectivity index (χ1) is 12.4. The molecule has 3 rings (SSSR count). The standard InChI is InChI=1S/C19H26N4O2S/c1-19(2,3)17(15-6-5-9-26-15)22-16(24)11-23-8-7-14-13(10-23)18(25-4)21-12-20-14/h5-6,9,12,17H,7-8,10-11H2,1-4H3,(H,22,24). The van der Waals surface area contributed by atoms with Gasteiger partial charge in [-0.15, -0.1) is 11.3 Å². The van der Waals surface area contributed by atoms with Gasteiger partial charge in [0.25, 0.3) is 0 Å². The normalized spacial score (nSPS) is 16.0. The van der Waals surface area contributed by atoms with Crippen LogP contribution in [-0.4, -0.2) is 41.0 Å². The maximum Gasteiger partial charge on any atom is 0.234 e. The Bertz CT molecular complexity index is 741. The number of hydrogen-bond donors (Lipinski definition) is 1. The van der Waals surface area contributed by atoms with Crippen molar-refractivity contribution in [1.29, 1.82) is 0 Å². The highest BCUT2D eigenvalue weighted by Gasteiger charge is 2.30. The number of nitrogens with one attached hydrogen (secondary N) is 1. The topological polar surface area (TPSA) is 67.4 Å². The zero-order valence-electron chi connectivity index (χ0n) is 15.8. The van der Waals surface area contributed by atoms with Gasteiger partial charge >= 0.3 is 0 Å². The van der Waals surface area contributed by atoms with Gasteiger partial charge in [0.1, 0.15) is 6.33 Å². The summed E-state index contributed by atoms with van der Waals surface area (Å²) in [5.41, 5.74) is 1.95. The summed E-state index contributed by atoms with van der Waals surface area (Å²) in [7, 11) is 1.61. The van der Waals surface area contributed by atoms with Gasteiger partial charge in [0.15, 0.2) is 0 Å². The maximum absolute atomic E-state index is 12.7. The van der Waals surface area contributed by atoms with Crippen LogP contribution in [0.5, 0.6) is 5.88 Å². The predicted molar refractivity (Wildman–Crippen MR) is 102 cm³/mol. The number of rotatable bonds is 5. The highest BCUT2D eigenvalue weighted by atomic mass is 32.1. The molecule has 1 N–H and O–H groups in total. The zero-order valence-corrected chi connectivity index (χ0v) is 16.6. The van der Waals surface area contributed by atoms with E-state index in [1.165, 1.54) is 11.2 Å². The lowest BCUT2D eigenvalue weighted by Gasteiger charge is -2.33. The third-order valence-electron chi connectivity index (χ3n) is 4.60. The van der Waals surface area contributed by atoms with Crippen LogP contribution in [-0.2, 0) is 17.8 Å². The number of carbonyl (C=O) groups excluding carboxylic acids is 1. The molecule has 7 heteroatoms. The molecule has 0 aliphatic carbocycles. The Kier molecular flexibility index (Phi) is 5.58. The zero-order chi connectivity index (χ0) is 18.7. The highest BCUT2D eigenvalue weighted by molar-refractivity contribution is 7.10. The van der Waals surface area contributed by atoms with Crippen LogP contribution < -0.4 is 10.1 Å². The average molecular weight is 375 g/mol. The lowest BCUT2D eigenvalue weighted by molar-refractivity contribution is -0.124. The fourth-order valence-corrected chi connectivity index (χ4v) is 4.28. The van der Waals surface area contributed by atoms with E-state index in [4.69, 9.17) is 4.74 Å². The van der Waals surface area contributed by atoms with E-state index in [0.29, 0.717) is 19.0 Å². The molecule has 2 aromatic heterocycles. The number of aromatic nitrogens is 2. The second-order valence-corrected chi connectivity index (χ2v) is 8.63. The van der Waals surface area contributed by atoms with Crippen molar-refractivity contribution >= 4 is 17.2 Å². The van der Waals surface area contributed by atoms with Crippen LogP contribution in [0, 0.1) is 5.41 Å². The number of methoxy groups -OCH3 is 1. The van der Waals surface area contributed by atoms with Crippen LogP contribution in [0.3, 0.4) is 0 Å².